The molecule has 7 N–H and O–H groups in total. The predicted octanol–water partition coefficient (Wildman–Crippen LogP) is -0.513. The van der Waals surface area contributed by atoms with Gasteiger partial charge in [-0.3, -0.25) is 19.2 Å². The van der Waals surface area contributed by atoms with Gasteiger partial charge in [-0.1, -0.05) is 18.2 Å². The van der Waals surface area contributed by atoms with Gasteiger partial charge in [0.25, 0.3) is 0 Å². The van der Waals surface area contributed by atoms with Gasteiger partial charge in [0, 0.05) is 35.8 Å². The maximum atomic E-state index is 13.2. The fourth-order valence-electron chi connectivity index (χ4n) is 4.24. The molecule has 12 nitrogen and oxygen atoms in total. The van der Waals surface area contributed by atoms with Gasteiger partial charge in [-0.2, -0.15) is 12.6 Å². The summed E-state index contributed by atoms with van der Waals surface area (Å²) in [6.07, 6.45) is 1.79. The fourth-order valence-corrected chi connectivity index (χ4v) is 4.39. The summed E-state index contributed by atoms with van der Waals surface area (Å²) in [7, 11) is 0. The highest BCUT2D eigenvalue weighted by atomic mass is 32.1. The third kappa shape index (κ3) is 6.34. The van der Waals surface area contributed by atoms with Gasteiger partial charge >= 0.3 is 11.9 Å². The number of aromatic amines is 1. The van der Waals surface area contributed by atoms with Gasteiger partial charge in [0.15, 0.2) is 0 Å². The van der Waals surface area contributed by atoms with Crippen LogP contribution in [0.3, 0.4) is 0 Å². The summed E-state index contributed by atoms with van der Waals surface area (Å²) in [6.45, 7) is 0.331. The zero-order chi connectivity index (χ0) is 26.4. The Balaban J connectivity index is 1.84. The van der Waals surface area contributed by atoms with E-state index in [1.54, 1.807) is 6.20 Å². The lowest BCUT2D eigenvalue weighted by molar-refractivity contribution is -0.147. The van der Waals surface area contributed by atoms with E-state index in [0.717, 1.165) is 10.9 Å². The highest BCUT2D eigenvalue weighted by Crippen LogP contribution is 2.21. The van der Waals surface area contributed by atoms with Crippen LogP contribution in [0.5, 0.6) is 0 Å². The summed E-state index contributed by atoms with van der Waals surface area (Å²) < 4.78 is 0. The molecule has 1 aromatic carbocycles. The standard InChI is InChI=1S/C23H29N5O7S/c24-14(11-36)22(33)28-7-3-6-18(28)21(32)26-16(20(31)27-17(23(34)35)9-19(29)30)8-12-10-25-15-5-2-1-4-13(12)15/h1-2,4-5,10,14,16-18,25,36H,3,6-9,11,24H2,(H,26,32)(H,27,31)(H,29,30)(H,34,35). The van der Waals surface area contributed by atoms with E-state index in [2.05, 4.69) is 28.2 Å². The molecule has 1 aromatic heterocycles. The fraction of sp³-hybridized carbons (Fsp3) is 0.435. The van der Waals surface area contributed by atoms with Gasteiger partial charge in [0.2, 0.25) is 17.7 Å². The number of hydrogen-bond donors (Lipinski definition) is 7. The van der Waals surface area contributed by atoms with Crippen LogP contribution in [0.25, 0.3) is 10.9 Å². The van der Waals surface area contributed by atoms with Gasteiger partial charge < -0.3 is 36.5 Å². The number of fused-ring (bicyclic) bond motifs is 1. The van der Waals surface area contributed by atoms with Crippen molar-refractivity contribution in [3.8, 4) is 0 Å². The molecule has 13 heteroatoms. The Kier molecular flexibility index (Phi) is 8.93. The summed E-state index contributed by atoms with van der Waals surface area (Å²) in [4.78, 5) is 65.9. The molecule has 0 radical (unpaired) electrons. The number of hydrogen-bond acceptors (Lipinski definition) is 7. The van der Waals surface area contributed by atoms with Crippen LogP contribution in [0.15, 0.2) is 30.5 Å². The van der Waals surface area contributed by atoms with Crippen LogP contribution in [0.1, 0.15) is 24.8 Å². The number of nitrogens with two attached hydrogens (primary N) is 1. The average molecular weight is 520 g/mol. The molecule has 2 heterocycles. The third-order valence-electron chi connectivity index (χ3n) is 6.08. The van der Waals surface area contributed by atoms with Crippen LogP contribution < -0.4 is 16.4 Å². The number of aromatic nitrogens is 1. The largest absolute Gasteiger partial charge is 0.481 e. The summed E-state index contributed by atoms with van der Waals surface area (Å²) in [5.74, 6) is -4.68. The lowest BCUT2D eigenvalue weighted by Crippen LogP contribution is -2.57. The molecule has 0 spiro atoms. The SMILES string of the molecule is NC(CS)C(=O)N1CCCC1C(=O)NC(Cc1c[nH]c2ccccc12)C(=O)NC(CC(=O)O)C(=O)O. The van der Waals surface area contributed by atoms with Crippen LogP contribution in [-0.4, -0.2) is 86.2 Å². The molecule has 36 heavy (non-hydrogen) atoms. The van der Waals surface area contributed by atoms with Crippen molar-refractivity contribution in [3.63, 3.8) is 0 Å². The minimum atomic E-state index is -1.68. The van der Waals surface area contributed by atoms with Crippen LogP contribution in [-0.2, 0) is 30.4 Å². The molecule has 4 atom stereocenters. The third-order valence-corrected chi connectivity index (χ3v) is 6.47. The molecule has 4 unspecified atom stereocenters. The summed E-state index contributed by atoms with van der Waals surface area (Å²) in [5, 5.41) is 24.0. The van der Waals surface area contributed by atoms with Gasteiger partial charge in [-0.25, -0.2) is 4.79 Å². The van der Waals surface area contributed by atoms with Gasteiger partial charge in [0.05, 0.1) is 12.5 Å². The zero-order valence-corrected chi connectivity index (χ0v) is 20.2. The lowest BCUT2D eigenvalue weighted by Gasteiger charge is -2.28. The first-order valence-electron chi connectivity index (χ1n) is 11.4. The van der Waals surface area contributed by atoms with Crippen molar-refractivity contribution in [3.05, 3.63) is 36.0 Å². The number of amides is 3. The maximum absolute atomic E-state index is 13.2. The van der Waals surface area contributed by atoms with Gasteiger partial charge in [-0.05, 0) is 24.5 Å². The Labute approximate surface area is 212 Å². The summed E-state index contributed by atoms with van der Waals surface area (Å²) >= 11 is 4.04. The molecule has 2 aromatic rings. The molecule has 194 valence electrons. The highest BCUT2D eigenvalue weighted by molar-refractivity contribution is 7.80. The lowest BCUT2D eigenvalue weighted by atomic mass is 10.0. The van der Waals surface area contributed by atoms with E-state index in [1.165, 1.54) is 4.90 Å². The minimum absolute atomic E-state index is 0.00217. The number of carbonyl (C=O) groups is 5. The molecule has 1 saturated heterocycles. The smallest absolute Gasteiger partial charge is 0.326 e. The van der Waals surface area contributed by atoms with Crippen molar-refractivity contribution in [2.24, 2.45) is 5.73 Å². The second-order valence-electron chi connectivity index (χ2n) is 8.60. The first-order valence-corrected chi connectivity index (χ1v) is 12.0. The van der Waals surface area contributed by atoms with Crippen molar-refractivity contribution < 1.29 is 34.2 Å². The second-order valence-corrected chi connectivity index (χ2v) is 8.97. The summed E-state index contributed by atoms with van der Waals surface area (Å²) in [6, 6.07) is 2.67. The van der Waals surface area contributed by atoms with Crippen LogP contribution in [0, 0.1) is 0 Å². The predicted molar refractivity (Wildman–Crippen MR) is 132 cm³/mol. The Bertz CT molecular complexity index is 1150. The van der Waals surface area contributed by atoms with Crippen LogP contribution in [0.4, 0.5) is 0 Å². The van der Waals surface area contributed by atoms with Crippen molar-refractivity contribution >= 4 is 53.2 Å². The molecule has 1 aliphatic heterocycles. The van der Waals surface area contributed by atoms with Gasteiger partial charge in [0.1, 0.15) is 18.1 Å². The average Bonchev–Trinajstić information content (AvgIpc) is 3.49. The number of rotatable bonds is 11. The van der Waals surface area contributed by atoms with E-state index >= 15 is 0 Å². The Hall–Kier alpha value is -3.58. The van der Waals surface area contributed by atoms with Crippen LogP contribution in [0.2, 0.25) is 0 Å². The van der Waals surface area contributed by atoms with Crippen LogP contribution >= 0.6 is 12.6 Å². The number of nitrogens with zero attached hydrogens (tertiary/aromatic N) is 1. The molecule has 3 rings (SSSR count). The van der Waals surface area contributed by atoms with E-state index in [-0.39, 0.29) is 12.2 Å². The summed E-state index contributed by atoms with van der Waals surface area (Å²) in [5.41, 5.74) is 7.30. The number of carboxylic acid groups (broad SMARTS) is 2. The van der Waals surface area contributed by atoms with E-state index in [1.807, 2.05) is 24.3 Å². The monoisotopic (exact) mass is 519 g/mol. The topological polar surface area (TPSA) is 195 Å². The van der Waals surface area contributed by atoms with Crippen molar-refractivity contribution in [1.82, 2.24) is 20.5 Å². The quantitative estimate of drug-likeness (QED) is 0.193. The van der Waals surface area contributed by atoms with E-state index in [4.69, 9.17) is 10.8 Å². The molecule has 0 bridgehead atoms. The number of nitrogens with one attached hydrogen (secondary N) is 3. The molecule has 0 aliphatic carbocycles. The highest BCUT2D eigenvalue weighted by Gasteiger charge is 2.38. The Morgan fingerprint density at radius 1 is 1.14 bits per heavy atom. The first-order chi connectivity index (χ1) is 17.1. The number of aliphatic carboxylic acids is 2. The second kappa shape index (κ2) is 11.9. The number of carboxylic acids is 2. The minimum Gasteiger partial charge on any atom is -0.481 e. The molecule has 1 aliphatic rings. The van der Waals surface area contributed by atoms with Crippen molar-refractivity contribution in [1.29, 1.82) is 0 Å². The zero-order valence-electron chi connectivity index (χ0n) is 19.3. The number of para-hydroxylation sites is 1. The molecular weight excluding hydrogens is 490 g/mol. The van der Waals surface area contributed by atoms with E-state index in [9.17, 15) is 29.1 Å². The maximum Gasteiger partial charge on any atom is 0.326 e. The Morgan fingerprint density at radius 3 is 2.53 bits per heavy atom. The number of carbonyl (C=O) groups excluding carboxylic acids is 3. The normalized spacial score (nSPS) is 17.8. The van der Waals surface area contributed by atoms with Crippen molar-refractivity contribution in [2.45, 2.75) is 49.9 Å². The first kappa shape index (κ1) is 27.0. The number of H-pyrrole nitrogens is 1. The molecular formula is C23H29N5O7S. The van der Waals surface area contributed by atoms with E-state index in [0.29, 0.717) is 24.9 Å². The van der Waals surface area contributed by atoms with E-state index < -0.39 is 60.2 Å². The molecule has 0 saturated carbocycles. The number of thiol groups is 1. The molecule has 1 fully saturated rings. The van der Waals surface area contributed by atoms with Crippen molar-refractivity contribution in [2.75, 3.05) is 12.3 Å². The number of benzene rings is 1. The molecule has 3 amide bonds. The number of likely N-dealkylation sites (tertiary alicyclic amines) is 1. The van der Waals surface area contributed by atoms with Gasteiger partial charge in [-0.15, -0.1) is 0 Å². The Morgan fingerprint density at radius 2 is 1.86 bits per heavy atom.